The molecule has 0 atom stereocenters. The molecule has 1 heterocycles. The molecule has 0 aliphatic rings. The number of rotatable bonds is 2. The van der Waals surface area contributed by atoms with Crippen LogP contribution in [0, 0.1) is 6.92 Å². The van der Waals surface area contributed by atoms with E-state index in [-0.39, 0.29) is 0 Å². The highest BCUT2D eigenvalue weighted by atomic mass is 32.5. The number of aryl methyl sites for hydroxylation is 1. The third-order valence-electron chi connectivity index (χ3n) is 1.74. The van der Waals surface area contributed by atoms with Crippen LogP contribution in [0.3, 0.4) is 0 Å². The van der Waals surface area contributed by atoms with Gasteiger partial charge >= 0.3 is 13.4 Å². The van der Waals surface area contributed by atoms with Crippen LogP contribution in [0.5, 0.6) is 11.6 Å². The van der Waals surface area contributed by atoms with Gasteiger partial charge in [0.15, 0.2) is 0 Å². The fourth-order valence-corrected chi connectivity index (χ4v) is 1.10. The van der Waals surface area contributed by atoms with Crippen molar-refractivity contribution in [2.75, 3.05) is 0 Å². The second-order valence-electron chi connectivity index (χ2n) is 4.65. The third kappa shape index (κ3) is 38.4. The van der Waals surface area contributed by atoms with Gasteiger partial charge in [0.05, 0.1) is 0 Å². The van der Waals surface area contributed by atoms with E-state index in [1.54, 1.807) is 6.07 Å². The summed E-state index contributed by atoms with van der Waals surface area (Å²) in [6, 6.07) is 11.4. The van der Waals surface area contributed by atoms with Gasteiger partial charge in [-0.2, -0.15) is 0 Å². The van der Waals surface area contributed by atoms with Crippen LogP contribution in [0.15, 0.2) is 42.7 Å². The number of ether oxygens (including phenoxy) is 1. The fourth-order valence-electron chi connectivity index (χ4n) is 1.10. The quantitative estimate of drug-likeness (QED) is 0.344. The van der Waals surface area contributed by atoms with E-state index in [4.69, 9.17) is 34.1 Å². The fraction of sp³-hybridized carbons (Fsp3) is 0.375. The Balaban J connectivity index is -0.000000376. The topological polar surface area (TPSA) is 156 Å². The van der Waals surface area contributed by atoms with Crippen LogP contribution in [0.4, 0.5) is 0 Å². The smallest absolute Gasteiger partial charge is 0.319 e. The molecule has 0 spiro atoms. The second kappa shape index (κ2) is 19.1. The van der Waals surface area contributed by atoms with Crippen molar-refractivity contribution in [2.24, 2.45) is 0 Å². The van der Waals surface area contributed by atoms with Crippen LogP contribution in [-0.2, 0) is 23.6 Å². The largest absolute Gasteiger partial charge is 0.439 e. The van der Waals surface area contributed by atoms with Crippen molar-refractivity contribution < 1.29 is 34.1 Å². The first-order chi connectivity index (χ1) is 13.3. The third-order valence-corrected chi connectivity index (χ3v) is 1.74. The van der Waals surface area contributed by atoms with Gasteiger partial charge in [-0.05, 0) is 42.7 Å². The Kier molecular flexibility index (Phi) is 21.7. The molecule has 0 saturated carbocycles. The Morgan fingerprint density at radius 3 is 1.59 bits per heavy atom. The van der Waals surface area contributed by atoms with Crippen molar-refractivity contribution in [3.05, 3.63) is 48.4 Å². The highest BCUT2D eigenvalue weighted by molar-refractivity contribution is 8.06. The molecule has 9 nitrogen and oxygen atoms in total. The summed E-state index contributed by atoms with van der Waals surface area (Å²) in [4.78, 5) is 53.3. The van der Waals surface area contributed by atoms with Gasteiger partial charge in [-0.15, -0.1) is 0 Å². The van der Waals surface area contributed by atoms with Crippen LogP contribution in [-0.4, -0.2) is 39.3 Å². The zero-order valence-corrected chi connectivity index (χ0v) is 20.4. The second-order valence-corrected chi connectivity index (χ2v) is 9.64. The average Bonchev–Trinajstić information content (AvgIpc) is 2.55. The van der Waals surface area contributed by atoms with Gasteiger partial charge in [0.1, 0.15) is 12.1 Å². The summed E-state index contributed by atoms with van der Waals surface area (Å²) >= 11 is 7.21. The number of benzene rings is 1. The standard InChI is InChI=1S/C11H10N2O.C3H8.C2H6.2H3O3PS/c1-9-7-11(13-8-12-9)14-10-5-3-2-4-6-10;1-3-2;1-2;2*1-4(2,3)5/h2-8H,1H3;3H2,1-2H3;1-2H3;2*(H3,1,2,3,5). The van der Waals surface area contributed by atoms with Crippen LogP contribution < -0.4 is 4.74 Å². The molecular weight excluding hydrogens is 458 g/mol. The Morgan fingerprint density at radius 1 is 0.862 bits per heavy atom. The molecule has 2 aromatic rings. The lowest BCUT2D eigenvalue weighted by Crippen LogP contribution is -1.89. The number of nitrogens with zero attached hydrogens (tertiary/aromatic N) is 2. The maximum Gasteiger partial charge on any atom is 0.319 e. The molecule has 0 radical (unpaired) electrons. The van der Waals surface area contributed by atoms with Crippen LogP contribution in [0.2, 0.25) is 0 Å². The SMILES string of the molecule is CC.CCC.Cc1cc(Oc2ccccc2)ncn1.OP(O)(O)=S.OP(O)(O)=S. The molecule has 168 valence electrons. The van der Waals surface area contributed by atoms with Crippen molar-refractivity contribution in [1.29, 1.82) is 0 Å². The summed E-state index contributed by atoms with van der Waals surface area (Å²) in [7, 11) is 0. The van der Waals surface area contributed by atoms with E-state index in [1.165, 1.54) is 12.7 Å². The maximum absolute atomic E-state index is 7.56. The monoisotopic (exact) mass is 488 g/mol. The first-order valence-corrected chi connectivity index (χ1v) is 13.7. The van der Waals surface area contributed by atoms with E-state index >= 15 is 0 Å². The number of aromatic nitrogens is 2. The molecule has 1 aromatic heterocycles. The molecule has 0 amide bonds. The van der Waals surface area contributed by atoms with Crippen molar-refractivity contribution >= 4 is 37.1 Å². The molecule has 0 unspecified atom stereocenters. The lowest BCUT2D eigenvalue weighted by molar-refractivity contribution is 0.361. The molecule has 0 fully saturated rings. The van der Waals surface area contributed by atoms with Gasteiger partial charge in [0, 0.05) is 11.8 Å². The van der Waals surface area contributed by atoms with Gasteiger partial charge in [-0.3, -0.25) is 0 Å². The predicted octanol–water partition coefficient (Wildman–Crippen LogP) is 3.40. The summed E-state index contributed by atoms with van der Waals surface area (Å²) in [5.74, 6) is 1.36. The zero-order chi connectivity index (χ0) is 23.5. The van der Waals surface area contributed by atoms with E-state index in [2.05, 4.69) is 47.4 Å². The summed E-state index contributed by atoms with van der Waals surface area (Å²) < 4.78 is 5.51. The van der Waals surface area contributed by atoms with E-state index in [9.17, 15) is 0 Å². The van der Waals surface area contributed by atoms with Crippen molar-refractivity contribution in [3.63, 3.8) is 0 Å². The Hall–Kier alpha value is -0.840. The van der Waals surface area contributed by atoms with E-state index in [0.29, 0.717) is 5.88 Å². The van der Waals surface area contributed by atoms with Crippen molar-refractivity contribution in [1.82, 2.24) is 9.97 Å². The number of hydrogen-bond acceptors (Lipinski definition) is 5. The molecular formula is C16H30N2O7P2S2. The Labute approximate surface area is 182 Å². The van der Waals surface area contributed by atoms with Crippen LogP contribution >= 0.6 is 13.4 Å². The van der Waals surface area contributed by atoms with E-state index in [1.807, 2.05) is 51.1 Å². The number of para-hydroxylation sites is 1. The Bertz CT molecular complexity index is 692. The maximum atomic E-state index is 7.56. The molecule has 0 bridgehead atoms. The van der Waals surface area contributed by atoms with Gasteiger partial charge in [0.25, 0.3) is 0 Å². The lowest BCUT2D eigenvalue weighted by Gasteiger charge is -2.03. The van der Waals surface area contributed by atoms with Crippen LogP contribution in [0.25, 0.3) is 0 Å². The molecule has 2 rings (SSSR count). The van der Waals surface area contributed by atoms with Gasteiger partial charge in [-0.25, -0.2) is 9.97 Å². The van der Waals surface area contributed by atoms with Crippen LogP contribution in [0.1, 0.15) is 39.8 Å². The predicted molar refractivity (Wildman–Crippen MR) is 122 cm³/mol. The van der Waals surface area contributed by atoms with Crippen molar-refractivity contribution in [3.8, 4) is 11.6 Å². The summed E-state index contributed by atoms with van der Waals surface area (Å²) in [6.45, 7) is 2.54. The molecule has 1 aromatic carbocycles. The molecule has 29 heavy (non-hydrogen) atoms. The minimum Gasteiger partial charge on any atom is -0.439 e. The molecule has 13 heteroatoms. The van der Waals surface area contributed by atoms with Gasteiger partial charge < -0.3 is 34.1 Å². The van der Waals surface area contributed by atoms with Crippen molar-refractivity contribution in [2.45, 2.75) is 41.0 Å². The normalized spacial score (nSPS) is 9.62. The lowest BCUT2D eigenvalue weighted by atomic mass is 10.3. The minimum absolute atomic E-state index is 0.573. The number of hydrogen-bond donors (Lipinski definition) is 6. The molecule has 0 saturated heterocycles. The highest BCUT2D eigenvalue weighted by Crippen LogP contribution is 2.27. The summed E-state index contributed by atoms with van der Waals surface area (Å²) in [5.41, 5.74) is 0.894. The average molecular weight is 489 g/mol. The van der Waals surface area contributed by atoms with Gasteiger partial charge in [-0.1, -0.05) is 52.3 Å². The first-order valence-electron chi connectivity index (χ1n) is 8.34. The first kappa shape index (κ1) is 32.8. The zero-order valence-electron chi connectivity index (χ0n) is 16.9. The molecule has 6 N–H and O–H groups in total. The Morgan fingerprint density at radius 2 is 1.24 bits per heavy atom. The summed E-state index contributed by atoms with van der Waals surface area (Å²) in [5, 5.41) is 0. The van der Waals surface area contributed by atoms with Gasteiger partial charge in [0.2, 0.25) is 5.88 Å². The molecule has 0 aliphatic carbocycles. The van der Waals surface area contributed by atoms with E-state index < -0.39 is 13.4 Å². The highest BCUT2D eigenvalue weighted by Gasteiger charge is 1.97. The van der Waals surface area contributed by atoms with E-state index in [0.717, 1.165) is 11.4 Å². The minimum atomic E-state index is -3.81. The summed E-state index contributed by atoms with van der Waals surface area (Å²) in [6.07, 6.45) is 2.74. The molecule has 0 aliphatic heterocycles.